The number of fused-ring (bicyclic) bond motifs is 1. The van der Waals surface area contributed by atoms with E-state index in [9.17, 15) is 0 Å². The molecule has 0 N–H and O–H groups in total. The van der Waals surface area contributed by atoms with Crippen molar-refractivity contribution >= 4 is 27.5 Å². The minimum absolute atomic E-state index is 0.563. The van der Waals surface area contributed by atoms with E-state index in [2.05, 4.69) is 15.9 Å². The average molecular weight is 264 g/mol. The number of ether oxygens (including phenoxy) is 2. The van der Waals surface area contributed by atoms with E-state index in [1.54, 1.807) is 0 Å². The lowest BCUT2D eigenvalue weighted by molar-refractivity contribution is 0.171. The molecule has 1 aromatic rings. The SMILES string of the molecule is Cc1c(Br)cc2c(c1Cl)OCCO2. The molecule has 1 aliphatic heterocycles. The molecule has 1 aromatic carbocycles. The topological polar surface area (TPSA) is 18.5 Å². The molecule has 4 heteroatoms. The van der Waals surface area contributed by atoms with Crippen LogP contribution in [0.1, 0.15) is 5.56 Å². The first-order valence-corrected chi connectivity index (χ1v) is 5.11. The van der Waals surface area contributed by atoms with Crippen LogP contribution in [-0.2, 0) is 0 Å². The number of rotatable bonds is 0. The van der Waals surface area contributed by atoms with Crippen LogP contribution in [0.3, 0.4) is 0 Å². The summed E-state index contributed by atoms with van der Waals surface area (Å²) in [5.41, 5.74) is 0.978. The Kier molecular flexibility index (Phi) is 2.39. The molecule has 0 fully saturated rings. The van der Waals surface area contributed by atoms with Crippen molar-refractivity contribution in [3.63, 3.8) is 0 Å². The standard InChI is InChI=1S/C9H8BrClO2/c1-5-6(10)4-7-9(8(5)11)13-3-2-12-7/h4H,2-3H2,1H3. The molecule has 0 spiro atoms. The fourth-order valence-corrected chi connectivity index (χ4v) is 1.98. The van der Waals surface area contributed by atoms with Crippen LogP contribution >= 0.6 is 27.5 Å². The molecule has 0 unspecified atom stereocenters. The Morgan fingerprint density at radius 3 is 2.85 bits per heavy atom. The van der Waals surface area contributed by atoms with Gasteiger partial charge in [0, 0.05) is 4.47 Å². The third kappa shape index (κ3) is 1.51. The maximum absolute atomic E-state index is 6.08. The minimum atomic E-state index is 0.563. The van der Waals surface area contributed by atoms with Crippen LogP contribution in [0, 0.1) is 6.92 Å². The summed E-state index contributed by atoms with van der Waals surface area (Å²) in [4.78, 5) is 0. The van der Waals surface area contributed by atoms with Gasteiger partial charge in [-0.25, -0.2) is 0 Å². The summed E-state index contributed by atoms with van der Waals surface area (Å²) in [5, 5.41) is 0.629. The molecule has 0 saturated carbocycles. The van der Waals surface area contributed by atoms with Gasteiger partial charge in [-0.05, 0) is 18.6 Å². The largest absolute Gasteiger partial charge is 0.486 e. The predicted molar refractivity (Wildman–Crippen MR) is 54.9 cm³/mol. The average Bonchev–Trinajstić information content (AvgIpc) is 2.15. The van der Waals surface area contributed by atoms with Gasteiger partial charge in [-0.15, -0.1) is 0 Å². The highest BCUT2D eigenvalue weighted by Gasteiger charge is 2.18. The first kappa shape index (κ1) is 9.16. The number of halogens is 2. The van der Waals surface area contributed by atoms with Crippen molar-refractivity contribution in [2.24, 2.45) is 0 Å². The van der Waals surface area contributed by atoms with Crippen LogP contribution in [0.15, 0.2) is 10.5 Å². The Bertz CT molecular complexity index is 352. The normalized spacial score (nSPS) is 14.4. The van der Waals surface area contributed by atoms with Gasteiger partial charge in [-0.2, -0.15) is 0 Å². The number of hydrogen-bond acceptors (Lipinski definition) is 2. The van der Waals surface area contributed by atoms with Crippen LogP contribution in [0.4, 0.5) is 0 Å². The molecule has 0 bridgehead atoms. The Labute approximate surface area is 89.9 Å². The van der Waals surface area contributed by atoms with E-state index < -0.39 is 0 Å². The second-order valence-electron chi connectivity index (χ2n) is 2.82. The second-order valence-corrected chi connectivity index (χ2v) is 4.05. The van der Waals surface area contributed by atoms with Crippen LogP contribution in [-0.4, -0.2) is 13.2 Å². The van der Waals surface area contributed by atoms with Crippen LogP contribution in [0.25, 0.3) is 0 Å². The molecule has 0 atom stereocenters. The summed E-state index contributed by atoms with van der Waals surface area (Å²) in [6.07, 6.45) is 0. The quantitative estimate of drug-likeness (QED) is 0.716. The third-order valence-corrected chi connectivity index (χ3v) is 3.23. The predicted octanol–water partition coefficient (Wildman–Crippen LogP) is 3.18. The maximum atomic E-state index is 6.08. The molecular weight excluding hydrogens is 255 g/mol. The van der Waals surface area contributed by atoms with Gasteiger partial charge >= 0.3 is 0 Å². The molecule has 0 saturated heterocycles. The van der Waals surface area contributed by atoms with Crippen molar-refractivity contribution in [3.8, 4) is 11.5 Å². The van der Waals surface area contributed by atoms with E-state index in [0.717, 1.165) is 10.0 Å². The van der Waals surface area contributed by atoms with Crippen LogP contribution in [0.2, 0.25) is 5.02 Å². The molecule has 0 amide bonds. The molecule has 0 aliphatic carbocycles. The summed E-state index contributed by atoms with van der Waals surface area (Å²) in [6.45, 7) is 3.08. The molecule has 1 heterocycles. The zero-order valence-corrected chi connectivity index (χ0v) is 9.41. The van der Waals surface area contributed by atoms with E-state index in [1.165, 1.54) is 0 Å². The molecule has 2 nitrogen and oxygen atoms in total. The monoisotopic (exact) mass is 262 g/mol. The third-order valence-electron chi connectivity index (χ3n) is 1.96. The maximum Gasteiger partial charge on any atom is 0.180 e. The lowest BCUT2D eigenvalue weighted by Gasteiger charge is -2.20. The van der Waals surface area contributed by atoms with Crippen molar-refractivity contribution in [3.05, 3.63) is 21.1 Å². The van der Waals surface area contributed by atoms with Crippen LogP contribution in [0.5, 0.6) is 11.5 Å². The lowest BCUT2D eigenvalue weighted by atomic mass is 10.2. The molecule has 13 heavy (non-hydrogen) atoms. The first-order chi connectivity index (χ1) is 6.20. The Morgan fingerprint density at radius 2 is 2.08 bits per heavy atom. The molecular formula is C9H8BrClO2. The van der Waals surface area contributed by atoms with Crippen LogP contribution < -0.4 is 9.47 Å². The van der Waals surface area contributed by atoms with Gasteiger partial charge in [-0.1, -0.05) is 27.5 Å². The highest BCUT2D eigenvalue weighted by molar-refractivity contribution is 9.10. The Morgan fingerprint density at radius 1 is 1.38 bits per heavy atom. The van der Waals surface area contributed by atoms with Gasteiger partial charge in [0.1, 0.15) is 13.2 Å². The fourth-order valence-electron chi connectivity index (χ4n) is 1.21. The van der Waals surface area contributed by atoms with Gasteiger partial charge in [0.15, 0.2) is 11.5 Å². The van der Waals surface area contributed by atoms with Gasteiger partial charge in [0.2, 0.25) is 0 Å². The van der Waals surface area contributed by atoms with E-state index in [-0.39, 0.29) is 0 Å². The molecule has 1 aliphatic rings. The van der Waals surface area contributed by atoms with Gasteiger partial charge in [0.05, 0.1) is 5.02 Å². The highest BCUT2D eigenvalue weighted by atomic mass is 79.9. The van der Waals surface area contributed by atoms with E-state index in [1.807, 2.05) is 13.0 Å². The van der Waals surface area contributed by atoms with Crippen molar-refractivity contribution in [2.75, 3.05) is 13.2 Å². The fraction of sp³-hybridized carbons (Fsp3) is 0.333. The molecule has 70 valence electrons. The van der Waals surface area contributed by atoms with E-state index in [4.69, 9.17) is 21.1 Å². The van der Waals surface area contributed by atoms with Crippen molar-refractivity contribution < 1.29 is 9.47 Å². The number of hydrogen-bond donors (Lipinski definition) is 0. The van der Waals surface area contributed by atoms with Gasteiger partial charge in [-0.3, -0.25) is 0 Å². The van der Waals surface area contributed by atoms with Crippen molar-refractivity contribution in [1.82, 2.24) is 0 Å². The molecule has 0 aromatic heterocycles. The number of benzene rings is 1. The van der Waals surface area contributed by atoms with Crippen molar-refractivity contribution in [2.45, 2.75) is 6.92 Å². The van der Waals surface area contributed by atoms with Gasteiger partial charge in [0.25, 0.3) is 0 Å². The lowest BCUT2D eigenvalue weighted by Crippen LogP contribution is -2.15. The van der Waals surface area contributed by atoms with E-state index >= 15 is 0 Å². The first-order valence-electron chi connectivity index (χ1n) is 3.94. The van der Waals surface area contributed by atoms with E-state index in [0.29, 0.717) is 29.7 Å². The molecule has 2 rings (SSSR count). The smallest absolute Gasteiger partial charge is 0.180 e. The summed E-state index contributed by atoms with van der Waals surface area (Å²) >= 11 is 9.49. The molecule has 0 radical (unpaired) electrons. The highest BCUT2D eigenvalue weighted by Crippen LogP contribution is 2.42. The Hall–Kier alpha value is -0.410. The second kappa shape index (κ2) is 3.39. The zero-order valence-electron chi connectivity index (χ0n) is 7.06. The summed E-state index contributed by atoms with van der Waals surface area (Å²) in [7, 11) is 0. The van der Waals surface area contributed by atoms with Gasteiger partial charge < -0.3 is 9.47 Å². The summed E-state index contributed by atoms with van der Waals surface area (Å²) in [6, 6.07) is 1.88. The van der Waals surface area contributed by atoms with Crippen molar-refractivity contribution in [1.29, 1.82) is 0 Å². The zero-order chi connectivity index (χ0) is 9.42. The summed E-state index contributed by atoms with van der Waals surface area (Å²) < 4.78 is 11.8. The minimum Gasteiger partial charge on any atom is -0.486 e. The Balaban J connectivity index is 2.60. The summed E-state index contributed by atoms with van der Waals surface area (Å²) in [5.74, 6) is 1.38.